The van der Waals surface area contributed by atoms with Crippen LogP contribution in [0.4, 0.5) is 0 Å². The van der Waals surface area contributed by atoms with Crippen molar-refractivity contribution >= 4 is 33.6 Å². The molecule has 0 aliphatic carbocycles. The summed E-state index contributed by atoms with van der Waals surface area (Å²) < 4.78 is 3.92. The summed E-state index contributed by atoms with van der Waals surface area (Å²) in [5, 5.41) is 8.41. The molecule has 1 fully saturated rings. The van der Waals surface area contributed by atoms with E-state index >= 15 is 0 Å². The summed E-state index contributed by atoms with van der Waals surface area (Å²) >= 11 is 0. The van der Waals surface area contributed by atoms with Gasteiger partial charge in [0.2, 0.25) is 11.8 Å². The van der Waals surface area contributed by atoms with Crippen LogP contribution < -0.4 is 5.32 Å². The molecule has 8 nitrogen and oxygen atoms in total. The first-order valence-electron chi connectivity index (χ1n) is 11.1. The van der Waals surface area contributed by atoms with Crippen LogP contribution in [0, 0.1) is 0 Å². The van der Waals surface area contributed by atoms with Crippen LogP contribution in [-0.2, 0) is 16.6 Å². The van der Waals surface area contributed by atoms with E-state index in [1.165, 1.54) is 0 Å². The molecule has 1 N–H and O–H groups in total. The number of rotatable bonds is 6. The van der Waals surface area contributed by atoms with Gasteiger partial charge in [-0.15, -0.1) is 0 Å². The summed E-state index contributed by atoms with van der Waals surface area (Å²) in [7, 11) is 1.94. The predicted molar refractivity (Wildman–Crippen MR) is 127 cm³/mol. The number of fused-ring (bicyclic) bond motifs is 2. The topological polar surface area (TPSA) is 105 Å². The lowest BCUT2D eigenvalue weighted by Crippen LogP contribution is -2.21. The third-order valence-electron chi connectivity index (χ3n) is 6.57. The van der Waals surface area contributed by atoms with Crippen molar-refractivity contribution in [2.75, 3.05) is 0 Å². The van der Waals surface area contributed by atoms with E-state index in [4.69, 9.17) is 5.53 Å². The van der Waals surface area contributed by atoms with Crippen LogP contribution in [0.25, 0.3) is 32.2 Å². The maximum Gasteiger partial charge on any atom is 0.235 e. The largest absolute Gasteiger partial charge is 0.350 e. The lowest BCUT2D eigenvalue weighted by Gasteiger charge is -2.15. The summed E-state index contributed by atoms with van der Waals surface area (Å²) in [6, 6.07) is 15.6. The van der Waals surface area contributed by atoms with Gasteiger partial charge in [-0.25, -0.2) is 0 Å². The minimum absolute atomic E-state index is 0.293. The second-order valence-corrected chi connectivity index (χ2v) is 8.50. The van der Waals surface area contributed by atoms with Crippen molar-refractivity contribution in [3.05, 3.63) is 82.5 Å². The fourth-order valence-corrected chi connectivity index (χ4v) is 5.14. The number of imide groups is 1. The van der Waals surface area contributed by atoms with Gasteiger partial charge in [0.25, 0.3) is 0 Å². The molecule has 2 amide bonds. The Kier molecular flexibility index (Phi) is 5.15. The Labute approximate surface area is 190 Å². The minimum atomic E-state index is -0.678. The van der Waals surface area contributed by atoms with Crippen molar-refractivity contribution in [2.45, 2.75) is 37.8 Å². The van der Waals surface area contributed by atoms with Gasteiger partial charge < -0.3 is 9.13 Å². The first kappa shape index (κ1) is 20.8. The van der Waals surface area contributed by atoms with Crippen LogP contribution in [0.3, 0.4) is 0 Å². The first-order valence-corrected chi connectivity index (χ1v) is 11.1. The van der Waals surface area contributed by atoms with Gasteiger partial charge in [-0.3, -0.25) is 14.9 Å². The van der Waals surface area contributed by atoms with Crippen molar-refractivity contribution in [1.29, 1.82) is 0 Å². The number of carbonyl (C=O) groups excluding carboxylic acids is 2. The molecule has 3 unspecified atom stereocenters. The van der Waals surface area contributed by atoms with E-state index in [1.807, 2.05) is 84.0 Å². The third kappa shape index (κ3) is 3.27. The number of nitrogens with zero attached hydrogens (tertiary/aromatic N) is 5. The number of amides is 2. The maximum absolute atomic E-state index is 13.2. The molecule has 3 heterocycles. The number of benzene rings is 2. The Morgan fingerprint density at radius 1 is 0.970 bits per heavy atom. The van der Waals surface area contributed by atoms with E-state index in [2.05, 4.69) is 15.3 Å². The van der Waals surface area contributed by atoms with Crippen LogP contribution in [0.5, 0.6) is 0 Å². The molecular weight excluding hydrogens is 416 g/mol. The summed E-state index contributed by atoms with van der Waals surface area (Å²) in [5.41, 5.74) is 12.6. The molecule has 3 atom stereocenters. The molecule has 166 valence electrons. The molecule has 0 spiro atoms. The van der Waals surface area contributed by atoms with Crippen molar-refractivity contribution in [1.82, 2.24) is 14.5 Å². The SMILES string of the molecule is CCCC(N=[N+]=[N-])n1cc(C2C(=O)NC(=O)C2c2cn(C)c3ccccc23)c2ccccc21. The summed E-state index contributed by atoms with van der Waals surface area (Å²) in [4.78, 5) is 29.3. The van der Waals surface area contributed by atoms with Gasteiger partial charge in [0.1, 0.15) is 6.17 Å². The molecule has 8 heteroatoms. The molecule has 0 bridgehead atoms. The molecule has 1 aliphatic rings. The third-order valence-corrected chi connectivity index (χ3v) is 6.57. The predicted octanol–water partition coefficient (Wildman–Crippen LogP) is 5.27. The summed E-state index contributed by atoms with van der Waals surface area (Å²) in [6.45, 7) is 2.03. The van der Waals surface area contributed by atoms with Crippen LogP contribution in [-0.4, -0.2) is 20.9 Å². The molecule has 2 aromatic carbocycles. The van der Waals surface area contributed by atoms with E-state index in [-0.39, 0.29) is 11.8 Å². The Balaban J connectivity index is 1.72. The van der Waals surface area contributed by atoms with E-state index in [0.29, 0.717) is 6.42 Å². The second kappa shape index (κ2) is 8.15. The molecular formula is C25H24N6O2. The molecule has 2 aromatic heterocycles. The zero-order chi connectivity index (χ0) is 23.1. The highest BCUT2D eigenvalue weighted by Gasteiger charge is 2.46. The molecule has 4 aromatic rings. The van der Waals surface area contributed by atoms with Crippen molar-refractivity contribution < 1.29 is 9.59 Å². The van der Waals surface area contributed by atoms with Crippen molar-refractivity contribution in [2.24, 2.45) is 12.2 Å². The standard InChI is InChI=1S/C25H24N6O2/c1-3-8-21(28-29-26)31-14-18(16-10-5-7-12-20(16)31)23-22(24(32)27-25(23)33)17-13-30(2)19-11-6-4-9-15(17)19/h4-7,9-14,21-23H,3,8H2,1-2H3,(H,27,32,33). The van der Waals surface area contributed by atoms with Crippen molar-refractivity contribution in [3.63, 3.8) is 0 Å². The lowest BCUT2D eigenvalue weighted by molar-refractivity contribution is -0.125. The molecule has 0 radical (unpaired) electrons. The van der Waals surface area contributed by atoms with Crippen LogP contribution in [0.15, 0.2) is 66.0 Å². The monoisotopic (exact) mass is 440 g/mol. The smallest absolute Gasteiger partial charge is 0.235 e. The van der Waals surface area contributed by atoms with Crippen molar-refractivity contribution in [3.8, 4) is 0 Å². The number of aromatic nitrogens is 2. The highest BCUT2D eigenvalue weighted by molar-refractivity contribution is 6.13. The van der Waals surface area contributed by atoms with Gasteiger partial charge in [-0.1, -0.05) is 54.9 Å². The average molecular weight is 441 g/mol. The molecule has 5 rings (SSSR count). The van der Waals surface area contributed by atoms with Gasteiger partial charge in [-0.2, -0.15) is 0 Å². The highest BCUT2D eigenvalue weighted by atomic mass is 16.2. The van der Waals surface area contributed by atoms with Crippen LogP contribution in [0.2, 0.25) is 0 Å². The minimum Gasteiger partial charge on any atom is -0.350 e. The van der Waals surface area contributed by atoms with Crippen LogP contribution >= 0.6 is 0 Å². The Bertz CT molecular complexity index is 1440. The highest BCUT2D eigenvalue weighted by Crippen LogP contribution is 2.44. The quantitative estimate of drug-likeness (QED) is 0.191. The Morgan fingerprint density at radius 2 is 1.55 bits per heavy atom. The number of aryl methyl sites for hydroxylation is 1. The van der Waals surface area contributed by atoms with E-state index in [0.717, 1.165) is 39.4 Å². The average Bonchev–Trinajstić information content (AvgIpc) is 3.44. The van der Waals surface area contributed by atoms with Gasteiger partial charge in [0.15, 0.2) is 0 Å². The molecule has 0 saturated carbocycles. The van der Waals surface area contributed by atoms with E-state index in [9.17, 15) is 9.59 Å². The normalized spacial score (nSPS) is 19.1. The number of hydrogen-bond donors (Lipinski definition) is 1. The van der Waals surface area contributed by atoms with Crippen LogP contribution in [0.1, 0.15) is 48.9 Å². The number of nitrogens with one attached hydrogen (secondary N) is 1. The fraction of sp³-hybridized carbons (Fsp3) is 0.280. The number of carbonyl (C=O) groups is 2. The molecule has 1 saturated heterocycles. The second-order valence-electron chi connectivity index (χ2n) is 8.50. The zero-order valence-electron chi connectivity index (χ0n) is 18.5. The van der Waals surface area contributed by atoms with E-state index < -0.39 is 18.0 Å². The molecule has 33 heavy (non-hydrogen) atoms. The van der Waals surface area contributed by atoms with Gasteiger partial charge in [-0.05, 0) is 35.2 Å². The lowest BCUT2D eigenvalue weighted by atomic mass is 9.83. The number of para-hydroxylation sites is 2. The fourth-order valence-electron chi connectivity index (χ4n) is 5.14. The molecule has 1 aliphatic heterocycles. The van der Waals surface area contributed by atoms with Gasteiger partial charge >= 0.3 is 0 Å². The first-order chi connectivity index (χ1) is 16.0. The van der Waals surface area contributed by atoms with Gasteiger partial charge in [0, 0.05) is 46.2 Å². The zero-order valence-corrected chi connectivity index (χ0v) is 18.5. The van der Waals surface area contributed by atoms with E-state index in [1.54, 1.807) is 0 Å². The summed E-state index contributed by atoms with van der Waals surface area (Å²) in [5.74, 6) is -1.93. The summed E-state index contributed by atoms with van der Waals surface area (Å²) in [6.07, 6.45) is 4.94. The number of hydrogen-bond acceptors (Lipinski definition) is 3. The number of azide groups is 1. The maximum atomic E-state index is 13.2. The van der Waals surface area contributed by atoms with Gasteiger partial charge in [0.05, 0.1) is 11.8 Å². The Hall–Kier alpha value is -4.03. The Morgan fingerprint density at radius 3 is 2.18 bits per heavy atom.